The lowest BCUT2D eigenvalue weighted by molar-refractivity contribution is -0.137. The van der Waals surface area contributed by atoms with Gasteiger partial charge in [-0.05, 0) is 62.0 Å². The largest absolute Gasteiger partial charge is 0.417 e. The Kier molecular flexibility index (Phi) is 8.21. The lowest BCUT2D eigenvalue weighted by Gasteiger charge is -2.34. The van der Waals surface area contributed by atoms with Crippen LogP contribution < -0.4 is 15.5 Å². The number of likely N-dealkylation sites (tertiary alicyclic amines) is 1. The maximum atomic E-state index is 13.0. The molecule has 0 radical (unpaired) electrons. The van der Waals surface area contributed by atoms with Crippen LogP contribution in [0.5, 0.6) is 0 Å². The van der Waals surface area contributed by atoms with E-state index in [1.54, 1.807) is 6.20 Å². The normalized spacial score (nSPS) is 19.7. The number of hydrogen-bond acceptors (Lipinski definition) is 10. The first kappa shape index (κ1) is 27.2. The highest BCUT2D eigenvalue weighted by atomic mass is 32.1. The van der Waals surface area contributed by atoms with Gasteiger partial charge in [0.1, 0.15) is 0 Å². The molecule has 39 heavy (non-hydrogen) atoms. The number of amides is 1. The molecule has 1 amide bonds. The lowest BCUT2D eigenvalue weighted by Crippen LogP contribution is -2.38. The van der Waals surface area contributed by atoms with Gasteiger partial charge in [0.2, 0.25) is 16.2 Å². The molecule has 0 aliphatic carbocycles. The second-order valence-corrected chi connectivity index (χ2v) is 11.0. The number of alkyl halides is 3. The van der Waals surface area contributed by atoms with Crippen LogP contribution in [0.1, 0.15) is 37.3 Å². The molecule has 3 aromatic heterocycles. The van der Waals surface area contributed by atoms with Crippen LogP contribution in [0.4, 0.5) is 29.3 Å². The molecule has 5 heterocycles. The Morgan fingerprint density at radius 3 is 2.67 bits per heavy atom. The fraction of sp³-hybridized carbons (Fsp3) is 0.520. The van der Waals surface area contributed by atoms with E-state index in [0.29, 0.717) is 35.5 Å². The summed E-state index contributed by atoms with van der Waals surface area (Å²) >= 11 is 1.31. The number of pyridine rings is 1. The minimum Gasteiger partial charge on any atom is -0.355 e. The van der Waals surface area contributed by atoms with Crippen molar-refractivity contribution in [1.82, 2.24) is 30.3 Å². The average Bonchev–Trinajstić information content (AvgIpc) is 3.58. The number of carbonyl (C=O) groups is 1. The Labute approximate surface area is 228 Å². The second kappa shape index (κ2) is 11.8. The van der Waals surface area contributed by atoms with E-state index in [4.69, 9.17) is 0 Å². The molecule has 0 aromatic carbocycles. The van der Waals surface area contributed by atoms with Crippen molar-refractivity contribution in [2.75, 3.05) is 41.7 Å². The van der Waals surface area contributed by atoms with Crippen LogP contribution in [0.15, 0.2) is 36.8 Å². The summed E-state index contributed by atoms with van der Waals surface area (Å²) in [6.07, 6.45) is 2.07. The van der Waals surface area contributed by atoms with Gasteiger partial charge in [0.15, 0.2) is 5.82 Å². The molecular weight excluding hydrogens is 531 g/mol. The Hall–Kier alpha value is -3.39. The zero-order valence-electron chi connectivity index (χ0n) is 21.4. The zero-order chi connectivity index (χ0) is 27.4. The third-order valence-corrected chi connectivity index (χ3v) is 8.10. The van der Waals surface area contributed by atoms with Crippen molar-refractivity contribution in [3.05, 3.63) is 47.9 Å². The zero-order valence-corrected chi connectivity index (χ0v) is 22.3. The number of nitrogens with one attached hydrogen (secondary N) is 2. The molecule has 5 rings (SSSR count). The summed E-state index contributed by atoms with van der Waals surface area (Å²) in [5, 5.41) is 23.8. The summed E-state index contributed by atoms with van der Waals surface area (Å²) in [4.78, 5) is 20.9. The van der Waals surface area contributed by atoms with Gasteiger partial charge in [-0.3, -0.25) is 14.7 Å². The van der Waals surface area contributed by atoms with Gasteiger partial charge >= 0.3 is 6.18 Å². The van der Waals surface area contributed by atoms with Crippen molar-refractivity contribution in [3.8, 4) is 0 Å². The molecule has 2 aliphatic heterocycles. The first-order valence-corrected chi connectivity index (χ1v) is 13.7. The van der Waals surface area contributed by atoms with E-state index in [0.717, 1.165) is 50.4 Å². The summed E-state index contributed by atoms with van der Waals surface area (Å²) in [6, 6.07) is 5.15. The van der Waals surface area contributed by atoms with Crippen LogP contribution in [0.25, 0.3) is 0 Å². The van der Waals surface area contributed by atoms with Crippen molar-refractivity contribution >= 4 is 33.3 Å². The fourth-order valence-electron chi connectivity index (χ4n) is 5.09. The number of hydrogen-bond donors (Lipinski definition) is 2. The van der Waals surface area contributed by atoms with Crippen LogP contribution in [0.3, 0.4) is 0 Å². The summed E-state index contributed by atoms with van der Waals surface area (Å²) in [7, 11) is 0. The molecule has 2 saturated heterocycles. The quantitative estimate of drug-likeness (QED) is 0.423. The molecule has 0 spiro atoms. The summed E-state index contributed by atoms with van der Waals surface area (Å²) in [5.74, 6) is 0.697. The molecule has 0 bridgehead atoms. The van der Waals surface area contributed by atoms with Gasteiger partial charge in [0.25, 0.3) is 0 Å². The molecule has 208 valence electrons. The Morgan fingerprint density at radius 2 is 1.92 bits per heavy atom. The van der Waals surface area contributed by atoms with Crippen molar-refractivity contribution in [3.63, 3.8) is 0 Å². The third kappa shape index (κ3) is 6.98. The number of anilines is 3. The Balaban J connectivity index is 1.06. The first-order valence-electron chi connectivity index (χ1n) is 12.9. The van der Waals surface area contributed by atoms with Crippen LogP contribution in [-0.2, 0) is 17.5 Å². The molecule has 0 saturated carbocycles. The van der Waals surface area contributed by atoms with Gasteiger partial charge < -0.3 is 15.5 Å². The molecule has 2 N–H and O–H groups in total. The molecular formula is C25H30F3N9OS. The fourth-order valence-corrected chi connectivity index (χ4v) is 5.81. The van der Waals surface area contributed by atoms with Crippen molar-refractivity contribution in [2.45, 2.75) is 44.9 Å². The number of carbonyl (C=O) groups excluding carboxylic acids is 1. The van der Waals surface area contributed by atoms with E-state index < -0.39 is 11.7 Å². The molecule has 2 aliphatic rings. The predicted octanol–water partition coefficient (Wildman–Crippen LogP) is 3.92. The molecule has 3 aromatic rings. The van der Waals surface area contributed by atoms with Crippen molar-refractivity contribution in [1.29, 1.82) is 0 Å². The van der Waals surface area contributed by atoms with Gasteiger partial charge in [-0.15, -0.1) is 15.3 Å². The summed E-state index contributed by atoms with van der Waals surface area (Å²) in [6.45, 7) is 5.37. The predicted molar refractivity (Wildman–Crippen MR) is 141 cm³/mol. The number of rotatable bonds is 8. The van der Waals surface area contributed by atoms with Gasteiger partial charge in [-0.25, -0.2) is 0 Å². The summed E-state index contributed by atoms with van der Waals surface area (Å²) < 4.78 is 38.9. The number of halogens is 3. The van der Waals surface area contributed by atoms with Crippen LogP contribution in [-0.4, -0.2) is 68.4 Å². The van der Waals surface area contributed by atoms with E-state index >= 15 is 0 Å². The maximum absolute atomic E-state index is 13.0. The minimum absolute atomic E-state index is 0.104. The van der Waals surface area contributed by atoms with E-state index in [2.05, 4.69) is 45.8 Å². The van der Waals surface area contributed by atoms with Crippen molar-refractivity contribution in [2.24, 2.45) is 11.8 Å². The Bertz CT molecular complexity index is 1250. The molecule has 1 unspecified atom stereocenters. The Morgan fingerprint density at radius 1 is 1.13 bits per heavy atom. The monoisotopic (exact) mass is 561 g/mol. The van der Waals surface area contributed by atoms with Crippen LogP contribution >= 0.6 is 11.3 Å². The van der Waals surface area contributed by atoms with E-state index in [-0.39, 0.29) is 23.8 Å². The third-order valence-electron chi connectivity index (χ3n) is 7.33. The highest BCUT2D eigenvalue weighted by Gasteiger charge is 2.32. The number of piperidine rings is 1. The van der Waals surface area contributed by atoms with Crippen molar-refractivity contribution < 1.29 is 18.0 Å². The second-order valence-electron chi connectivity index (χ2n) is 10.0. The maximum Gasteiger partial charge on any atom is 0.417 e. The van der Waals surface area contributed by atoms with Gasteiger partial charge in [0.05, 0.1) is 5.56 Å². The number of aromatic nitrogens is 5. The SMILES string of the molecule is CC(C(=O)Nc1nnc(N[C@@H]2CCN(c3cccnn3)C2)s1)C1CCN(Cc2cncc(C(F)(F)F)c2)CC1. The highest BCUT2D eigenvalue weighted by molar-refractivity contribution is 7.19. The van der Waals surface area contributed by atoms with Gasteiger partial charge in [-0.1, -0.05) is 18.3 Å². The molecule has 2 fully saturated rings. The van der Waals surface area contributed by atoms with Crippen LogP contribution in [0, 0.1) is 11.8 Å². The van der Waals surface area contributed by atoms with E-state index in [1.165, 1.54) is 17.5 Å². The van der Waals surface area contributed by atoms with Gasteiger partial charge in [0, 0.05) is 50.2 Å². The van der Waals surface area contributed by atoms with E-state index in [9.17, 15) is 18.0 Å². The summed E-state index contributed by atoms with van der Waals surface area (Å²) in [5.41, 5.74) is -0.198. The number of nitrogens with zero attached hydrogens (tertiary/aromatic N) is 7. The molecule has 10 nitrogen and oxygen atoms in total. The van der Waals surface area contributed by atoms with Gasteiger partial charge in [-0.2, -0.15) is 18.3 Å². The lowest BCUT2D eigenvalue weighted by atomic mass is 9.85. The smallest absolute Gasteiger partial charge is 0.355 e. The topological polar surface area (TPSA) is 112 Å². The minimum atomic E-state index is -4.40. The first-order chi connectivity index (χ1) is 18.7. The van der Waals surface area contributed by atoms with E-state index in [1.807, 2.05) is 19.1 Å². The standard InChI is InChI=1S/C25H30F3N9OS/c1-16(18-4-8-36(9-5-18)14-17-11-19(13-29-12-17)25(26,27)28)22(38)32-24-35-34-23(39-24)31-20-6-10-37(15-20)21-3-2-7-30-33-21/h2-3,7,11-13,16,18,20H,4-6,8-10,14-15H2,1H3,(H,31,34)(H,32,35,38)/t16?,20-/m1/s1. The van der Waals surface area contributed by atoms with Crippen LogP contribution in [0.2, 0.25) is 0 Å². The molecule has 14 heteroatoms. The highest BCUT2D eigenvalue weighted by Crippen LogP contribution is 2.31. The average molecular weight is 562 g/mol. The molecule has 2 atom stereocenters.